The minimum absolute atomic E-state index is 0.266. The average Bonchev–Trinajstić information content (AvgIpc) is 2.63. The number of hydrogen-bond acceptors (Lipinski definition) is 4. The van der Waals surface area contributed by atoms with E-state index in [-0.39, 0.29) is 19.0 Å². The number of hydrazine groups is 1. The van der Waals surface area contributed by atoms with Crippen molar-refractivity contribution < 1.29 is 19.1 Å². The molecule has 2 aromatic rings. The SMILES string of the molecule is Cc1cc(OCC(=O)NNC(=O)COc2cc(Cl)ccc2Cl)cc(C)c1Cl. The van der Waals surface area contributed by atoms with E-state index in [0.717, 1.165) is 11.1 Å². The molecular weight excluding hydrogens is 415 g/mol. The fourth-order valence-corrected chi connectivity index (χ4v) is 2.52. The quantitative estimate of drug-likeness (QED) is 0.681. The first-order valence-corrected chi connectivity index (χ1v) is 8.94. The lowest BCUT2D eigenvalue weighted by molar-refractivity contribution is -0.131. The third kappa shape index (κ3) is 6.50. The van der Waals surface area contributed by atoms with Crippen LogP contribution >= 0.6 is 34.8 Å². The van der Waals surface area contributed by atoms with Crippen molar-refractivity contribution in [3.8, 4) is 11.5 Å². The summed E-state index contributed by atoms with van der Waals surface area (Å²) in [5, 5.41) is 1.39. The van der Waals surface area contributed by atoms with Crippen molar-refractivity contribution in [1.29, 1.82) is 0 Å². The van der Waals surface area contributed by atoms with Crippen LogP contribution in [0.3, 0.4) is 0 Å². The molecule has 0 radical (unpaired) electrons. The molecule has 0 aliphatic carbocycles. The molecule has 0 fully saturated rings. The van der Waals surface area contributed by atoms with Gasteiger partial charge in [0.15, 0.2) is 13.2 Å². The zero-order chi connectivity index (χ0) is 20.0. The molecule has 144 valence electrons. The molecule has 0 saturated heterocycles. The number of ether oxygens (including phenoxy) is 2. The topological polar surface area (TPSA) is 76.7 Å². The van der Waals surface area contributed by atoms with E-state index in [2.05, 4.69) is 10.9 Å². The first kappa shape index (κ1) is 21.2. The smallest absolute Gasteiger partial charge is 0.276 e. The Kier molecular flexibility index (Phi) is 7.59. The van der Waals surface area contributed by atoms with Gasteiger partial charge in [0.25, 0.3) is 11.8 Å². The molecule has 2 aromatic carbocycles. The highest BCUT2D eigenvalue weighted by Crippen LogP contribution is 2.27. The van der Waals surface area contributed by atoms with Crippen molar-refractivity contribution in [3.05, 3.63) is 56.5 Å². The van der Waals surface area contributed by atoms with Crippen LogP contribution < -0.4 is 20.3 Å². The highest BCUT2D eigenvalue weighted by Gasteiger charge is 2.10. The molecule has 0 atom stereocenters. The lowest BCUT2D eigenvalue weighted by Gasteiger charge is -2.11. The molecule has 0 bridgehead atoms. The summed E-state index contributed by atoms with van der Waals surface area (Å²) in [6.45, 7) is 3.06. The summed E-state index contributed by atoms with van der Waals surface area (Å²) in [4.78, 5) is 23.5. The Balaban J connectivity index is 1.75. The summed E-state index contributed by atoms with van der Waals surface area (Å²) in [5.74, 6) is -0.329. The summed E-state index contributed by atoms with van der Waals surface area (Å²) in [7, 11) is 0. The Bertz CT molecular complexity index is 835. The molecular formula is C18H17Cl3N2O4. The lowest BCUT2D eigenvalue weighted by Crippen LogP contribution is -2.45. The van der Waals surface area contributed by atoms with Gasteiger partial charge in [-0.05, 0) is 49.2 Å². The van der Waals surface area contributed by atoms with Crippen molar-refractivity contribution in [2.45, 2.75) is 13.8 Å². The lowest BCUT2D eigenvalue weighted by atomic mass is 10.1. The number of carbonyl (C=O) groups is 2. The largest absolute Gasteiger partial charge is 0.484 e. The molecule has 0 spiro atoms. The number of carbonyl (C=O) groups excluding carboxylic acids is 2. The molecule has 27 heavy (non-hydrogen) atoms. The van der Waals surface area contributed by atoms with Crippen LogP contribution in [0, 0.1) is 13.8 Å². The van der Waals surface area contributed by atoms with Crippen LogP contribution in [0.1, 0.15) is 11.1 Å². The van der Waals surface area contributed by atoms with Gasteiger partial charge in [0.1, 0.15) is 11.5 Å². The van der Waals surface area contributed by atoms with E-state index in [1.807, 2.05) is 13.8 Å². The van der Waals surface area contributed by atoms with E-state index in [0.29, 0.717) is 20.8 Å². The van der Waals surface area contributed by atoms with Gasteiger partial charge in [-0.3, -0.25) is 20.4 Å². The van der Waals surface area contributed by atoms with Crippen LogP contribution in [0.15, 0.2) is 30.3 Å². The van der Waals surface area contributed by atoms with Crippen LogP contribution in [0.5, 0.6) is 11.5 Å². The number of halogens is 3. The van der Waals surface area contributed by atoms with E-state index in [9.17, 15) is 9.59 Å². The molecule has 0 heterocycles. The first-order chi connectivity index (χ1) is 12.8. The fourth-order valence-electron chi connectivity index (χ4n) is 2.08. The van der Waals surface area contributed by atoms with Crippen LogP contribution in [-0.2, 0) is 9.59 Å². The molecule has 2 amide bonds. The van der Waals surface area contributed by atoms with Crippen molar-refractivity contribution in [2.24, 2.45) is 0 Å². The van der Waals surface area contributed by atoms with E-state index in [1.165, 1.54) is 6.07 Å². The predicted octanol–water partition coefficient (Wildman–Crippen LogP) is 3.87. The maximum absolute atomic E-state index is 11.8. The summed E-state index contributed by atoms with van der Waals surface area (Å²) < 4.78 is 10.6. The Labute approximate surface area is 171 Å². The van der Waals surface area contributed by atoms with E-state index < -0.39 is 11.8 Å². The summed E-state index contributed by atoms with van der Waals surface area (Å²) >= 11 is 17.8. The summed E-state index contributed by atoms with van der Waals surface area (Å²) in [5.41, 5.74) is 6.13. The molecule has 0 aromatic heterocycles. The van der Waals surface area contributed by atoms with Gasteiger partial charge in [0, 0.05) is 16.1 Å². The first-order valence-electron chi connectivity index (χ1n) is 7.81. The van der Waals surface area contributed by atoms with Crippen LogP contribution in [0.4, 0.5) is 0 Å². The fraction of sp³-hybridized carbons (Fsp3) is 0.222. The summed E-state index contributed by atoms with van der Waals surface area (Å²) in [6.07, 6.45) is 0. The van der Waals surface area contributed by atoms with Crippen LogP contribution in [0.2, 0.25) is 15.1 Å². The second kappa shape index (κ2) is 9.69. The minimum Gasteiger partial charge on any atom is -0.484 e. The number of amides is 2. The third-order valence-electron chi connectivity index (χ3n) is 3.37. The zero-order valence-electron chi connectivity index (χ0n) is 14.6. The predicted molar refractivity (Wildman–Crippen MR) is 105 cm³/mol. The third-order valence-corrected chi connectivity index (χ3v) is 4.52. The Hall–Kier alpha value is -2.15. The van der Waals surface area contributed by atoms with Crippen molar-refractivity contribution in [3.63, 3.8) is 0 Å². The monoisotopic (exact) mass is 430 g/mol. The molecule has 9 heteroatoms. The van der Waals surface area contributed by atoms with Crippen molar-refractivity contribution in [2.75, 3.05) is 13.2 Å². The number of hydrogen-bond donors (Lipinski definition) is 2. The van der Waals surface area contributed by atoms with E-state index >= 15 is 0 Å². The van der Waals surface area contributed by atoms with Gasteiger partial charge >= 0.3 is 0 Å². The molecule has 0 saturated carbocycles. The number of aryl methyl sites for hydroxylation is 2. The molecule has 2 N–H and O–H groups in total. The van der Waals surface area contributed by atoms with Crippen LogP contribution in [0.25, 0.3) is 0 Å². The maximum atomic E-state index is 11.8. The van der Waals surface area contributed by atoms with Gasteiger partial charge < -0.3 is 9.47 Å². The van der Waals surface area contributed by atoms with Crippen molar-refractivity contribution in [1.82, 2.24) is 10.9 Å². The number of benzene rings is 2. The standard InChI is InChI=1S/C18H17Cl3N2O4/c1-10-5-13(6-11(2)18(10)21)26-8-16(24)22-23-17(25)9-27-15-7-12(19)3-4-14(15)20/h3-7H,8-9H2,1-2H3,(H,22,24)(H,23,25). The maximum Gasteiger partial charge on any atom is 0.276 e. The highest BCUT2D eigenvalue weighted by atomic mass is 35.5. The van der Waals surface area contributed by atoms with Gasteiger partial charge in [-0.15, -0.1) is 0 Å². The molecule has 6 nitrogen and oxygen atoms in total. The van der Waals surface area contributed by atoms with Gasteiger partial charge in [0.05, 0.1) is 5.02 Å². The zero-order valence-corrected chi connectivity index (χ0v) is 16.8. The minimum atomic E-state index is -0.572. The van der Waals surface area contributed by atoms with Crippen LogP contribution in [-0.4, -0.2) is 25.0 Å². The van der Waals surface area contributed by atoms with E-state index in [1.54, 1.807) is 24.3 Å². The Morgan fingerprint density at radius 3 is 2.04 bits per heavy atom. The average molecular weight is 432 g/mol. The highest BCUT2D eigenvalue weighted by molar-refractivity contribution is 6.34. The second-order valence-electron chi connectivity index (χ2n) is 5.62. The molecule has 0 aliphatic heterocycles. The molecule has 0 aliphatic rings. The van der Waals surface area contributed by atoms with Gasteiger partial charge in [-0.1, -0.05) is 34.8 Å². The van der Waals surface area contributed by atoms with Crippen molar-refractivity contribution >= 4 is 46.6 Å². The second-order valence-corrected chi connectivity index (χ2v) is 6.84. The summed E-state index contributed by atoms with van der Waals surface area (Å²) in [6, 6.07) is 8.09. The number of nitrogens with one attached hydrogen (secondary N) is 2. The van der Waals surface area contributed by atoms with E-state index in [4.69, 9.17) is 44.3 Å². The van der Waals surface area contributed by atoms with Gasteiger partial charge in [-0.2, -0.15) is 0 Å². The Morgan fingerprint density at radius 1 is 0.889 bits per heavy atom. The Morgan fingerprint density at radius 2 is 1.44 bits per heavy atom. The van der Waals surface area contributed by atoms with Gasteiger partial charge in [-0.25, -0.2) is 0 Å². The normalized spacial score (nSPS) is 10.3. The molecule has 2 rings (SSSR count). The number of rotatable bonds is 6. The van der Waals surface area contributed by atoms with Gasteiger partial charge in [0.2, 0.25) is 0 Å². The molecule has 0 unspecified atom stereocenters.